The molecular weight excluding hydrogens is 250 g/mol. The number of hydrogen-bond donors (Lipinski definition) is 3. The van der Waals surface area contributed by atoms with Crippen molar-refractivity contribution >= 4 is 17.9 Å². The molecule has 1 heterocycles. The summed E-state index contributed by atoms with van der Waals surface area (Å²) in [6.07, 6.45) is 1.60. The Morgan fingerprint density at radius 1 is 1.47 bits per heavy atom. The van der Waals surface area contributed by atoms with Gasteiger partial charge in [-0.3, -0.25) is 4.79 Å². The van der Waals surface area contributed by atoms with Crippen molar-refractivity contribution in [3.8, 4) is 0 Å². The largest absolute Gasteiger partial charge is 0.480 e. The zero-order chi connectivity index (χ0) is 14.6. The summed E-state index contributed by atoms with van der Waals surface area (Å²) in [6.45, 7) is 3.90. The van der Waals surface area contributed by atoms with Crippen LogP contribution >= 0.6 is 0 Å². The number of urea groups is 1. The van der Waals surface area contributed by atoms with Gasteiger partial charge in [0, 0.05) is 19.0 Å². The number of rotatable bonds is 4. The van der Waals surface area contributed by atoms with E-state index in [2.05, 4.69) is 5.32 Å². The molecule has 108 valence electrons. The average Bonchev–Trinajstić information content (AvgIpc) is 2.26. The van der Waals surface area contributed by atoms with Gasteiger partial charge in [0.05, 0.1) is 0 Å². The minimum Gasteiger partial charge on any atom is -0.480 e. The summed E-state index contributed by atoms with van der Waals surface area (Å²) in [7, 11) is 0. The summed E-state index contributed by atoms with van der Waals surface area (Å²) >= 11 is 0. The van der Waals surface area contributed by atoms with Crippen LogP contribution in [-0.4, -0.2) is 46.5 Å². The fourth-order valence-electron chi connectivity index (χ4n) is 2.44. The molecule has 0 bridgehead atoms. The predicted molar refractivity (Wildman–Crippen MR) is 68.3 cm³/mol. The highest BCUT2D eigenvalue weighted by Gasteiger charge is 2.37. The van der Waals surface area contributed by atoms with Crippen LogP contribution in [0.1, 0.15) is 33.1 Å². The van der Waals surface area contributed by atoms with Crippen molar-refractivity contribution in [3.05, 3.63) is 0 Å². The highest BCUT2D eigenvalue weighted by molar-refractivity contribution is 5.83. The molecule has 3 unspecified atom stereocenters. The molecular formula is C12H21N3O4. The minimum atomic E-state index is -0.995. The highest BCUT2D eigenvalue weighted by atomic mass is 16.4. The first-order chi connectivity index (χ1) is 8.82. The number of nitrogens with two attached hydrogens (primary N) is 1. The number of amides is 3. The molecule has 0 aromatic heterocycles. The van der Waals surface area contributed by atoms with Crippen LogP contribution in [0.25, 0.3) is 0 Å². The van der Waals surface area contributed by atoms with Gasteiger partial charge in [-0.15, -0.1) is 0 Å². The average molecular weight is 271 g/mol. The van der Waals surface area contributed by atoms with Gasteiger partial charge in [0.2, 0.25) is 5.91 Å². The van der Waals surface area contributed by atoms with E-state index in [9.17, 15) is 19.5 Å². The van der Waals surface area contributed by atoms with E-state index in [4.69, 9.17) is 5.73 Å². The lowest BCUT2D eigenvalue weighted by Crippen LogP contribution is -2.56. The topological polar surface area (TPSA) is 113 Å². The van der Waals surface area contributed by atoms with Crippen molar-refractivity contribution in [2.45, 2.75) is 45.2 Å². The summed E-state index contributed by atoms with van der Waals surface area (Å²) in [5.74, 6) is -1.58. The van der Waals surface area contributed by atoms with Crippen LogP contribution in [0.3, 0.4) is 0 Å². The van der Waals surface area contributed by atoms with Gasteiger partial charge in [0.1, 0.15) is 6.04 Å². The third kappa shape index (κ3) is 4.11. The molecule has 0 radical (unpaired) electrons. The number of nitrogens with one attached hydrogen (secondary N) is 1. The molecule has 1 aliphatic heterocycles. The number of carboxylic acids is 1. The van der Waals surface area contributed by atoms with Gasteiger partial charge in [0.25, 0.3) is 0 Å². The van der Waals surface area contributed by atoms with Crippen molar-refractivity contribution < 1.29 is 19.5 Å². The van der Waals surface area contributed by atoms with E-state index in [1.54, 1.807) is 6.92 Å². The first-order valence-electron chi connectivity index (χ1n) is 6.41. The lowest BCUT2D eigenvalue weighted by Gasteiger charge is -2.37. The second-order valence-corrected chi connectivity index (χ2v) is 5.12. The van der Waals surface area contributed by atoms with Crippen LogP contribution in [-0.2, 0) is 9.59 Å². The summed E-state index contributed by atoms with van der Waals surface area (Å²) in [5, 5.41) is 11.8. The van der Waals surface area contributed by atoms with E-state index in [0.717, 1.165) is 12.8 Å². The van der Waals surface area contributed by atoms with Gasteiger partial charge < -0.3 is 21.1 Å². The number of aliphatic carboxylic acids is 1. The molecule has 0 saturated carbocycles. The predicted octanol–water partition coefficient (Wildman–Crippen LogP) is 0.145. The van der Waals surface area contributed by atoms with E-state index in [1.165, 1.54) is 4.90 Å². The Bertz CT molecular complexity index is 372. The molecule has 0 aliphatic carbocycles. The van der Waals surface area contributed by atoms with Crippen LogP contribution in [0, 0.1) is 5.92 Å². The van der Waals surface area contributed by atoms with Crippen molar-refractivity contribution in [2.75, 3.05) is 6.54 Å². The summed E-state index contributed by atoms with van der Waals surface area (Å²) < 4.78 is 0. The first kappa shape index (κ1) is 15.3. The molecule has 7 heteroatoms. The van der Waals surface area contributed by atoms with E-state index in [0.29, 0.717) is 6.54 Å². The van der Waals surface area contributed by atoms with E-state index in [-0.39, 0.29) is 12.3 Å². The summed E-state index contributed by atoms with van der Waals surface area (Å²) in [5.41, 5.74) is 5.05. The molecule has 1 fully saturated rings. The van der Waals surface area contributed by atoms with Gasteiger partial charge in [-0.05, 0) is 25.7 Å². The van der Waals surface area contributed by atoms with Crippen molar-refractivity contribution in [1.29, 1.82) is 0 Å². The minimum absolute atomic E-state index is 0.0346. The smallest absolute Gasteiger partial charge is 0.326 e. The number of hydrogen-bond acceptors (Lipinski definition) is 3. The van der Waals surface area contributed by atoms with Crippen molar-refractivity contribution in [1.82, 2.24) is 10.2 Å². The molecule has 19 heavy (non-hydrogen) atoms. The van der Waals surface area contributed by atoms with Gasteiger partial charge in [0.15, 0.2) is 0 Å². The Labute approximate surface area is 112 Å². The van der Waals surface area contributed by atoms with Crippen LogP contribution in [0.5, 0.6) is 0 Å². The number of carbonyl (C=O) groups excluding carboxylic acids is 2. The maximum Gasteiger partial charge on any atom is 0.326 e. The molecule has 1 rings (SSSR count). The Balaban J connectivity index is 2.67. The normalized spacial score (nSPS) is 24.6. The third-order valence-electron chi connectivity index (χ3n) is 3.32. The molecule has 1 aliphatic rings. The molecule has 3 atom stereocenters. The summed E-state index contributed by atoms with van der Waals surface area (Å²) in [4.78, 5) is 35.4. The molecule has 7 nitrogen and oxygen atoms in total. The third-order valence-corrected chi connectivity index (χ3v) is 3.32. The lowest BCUT2D eigenvalue weighted by atomic mass is 9.91. The number of primary amides is 1. The SMILES string of the molecule is CC(CC(N)=O)NC(=O)N1CCCC(C)C1C(=O)O. The fraction of sp³-hybridized carbons (Fsp3) is 0.750. The molecule has 1 saturated heterocycles. The van der Waals surface area contributed by atoms with Gasteiger partial charge in [-0.25, -0.2) is 9.59 Å². The van der Waals surface area contributed by atoms with E-state index >= 15 is 0 Å². The van der Waals surface area contributed by atoms with Crippen molar-refractivity contribution in [3.63, 3.8) is 0 Å². The van der Waals surface area contributed by atoms with Crippen LogP contribution in [0.15, 0.2) is 0 Å². The van der Waals surface area contributed by atoms with Gasteiger partial charge in [-0.2, -0.15) is 0 Å². The zero-order valence-electron chi connectivity index (χ0n) is 11.3. The van der Waals surface area contributed by atoms with Crippen LogP contribution < -0.4 is 11.1 Å². The number of nitrogens with zero attached hydrogens (tertiary/aromatic N) is 1. The Morgan fingerprint density at radius 2 is 2.11 bits per heavy atom. The van der Waals surface area contributed by atoms with Crippen LogP contribution in [0.2, 0.25) is 0 Å². The molecule has 3 amide bonds. The maximum absolute atomic E-state index is 12.0. The van der Waals surface area contributed by atoms with E-state index in [1.807, 2.05) is 6.92 Å². The van der Waals surface area contributed by atoms with Gasteiger partial charge in [-0.1, -0.05) is 6.92 Å². The Morgan fingerprint density at radius 3 is 2.63 bits per heavy atom. The highest BCUT2D eigenvalue weighted by Crippen LogP contribution is 2.23. The standard InChI is InChI=1S/C12H21N3O4/c1-7-4-3-5-15(10(7)11(17)18)12(19)14-8(2)6-9(13)16/h7-8,10H,3-6H2,1-2H3,(H2,13,16)(H,14,19)(H,17,18). The zero-order valence-corrected chi connectivity index (χ0v) is 11.3. The quantitative estimate of drug-likeness (QED) is 0.675. The number of carboxylic acid groups (broad SMARTS) is 1. The number of piperidine rings is 1. The second kappa shape index (κ2) is 6.40. The fourth-order valence-corrected chi connectivity index (χ4v) is 2.44. The van der Waals surface area contributed by atoms with E-state index < -0.39 is 30.0 Å². The molecule has 0 aromatic carbocycles. The number of likely N-dealkylation sites (tertiary alicyclic amines) is 1. The molecule has 4 N–H and O–H groups in total. The Hall–Kier alpha value is -1.79. The maximum atomic E-state index is 12.0. The monoisotopic (exact) mass is 271 g/mol. The molecule has 0 spiro atoms. The first-order valence-corrected chi connectivity index (χ1v) is 6.41. The number of carbonyl (C=O) groups is 3. The Kier molecular flexibility index (Phi) is 5.14. The lowest BCUT2D eigenvalue weighted by molar-refractivity contribution is -0.145. The van der Waals surface area contributed by atoms with Gasteiger partial charge >= 0.3 is 12.0 Å². The van der Waals surface area contributed by atoms with Crippen molar-refractivity contribution in [2.24, 2.45) is 11.7 Å². The second-order valence-electron chi connectivity index (χ2n) is 5.12. The molecule has 0 aromatic rings. The van der Waals surface area contributed by atoms with Crippen LogP contribution in [0.4, 0.5) is 4.79 Å². The summed E-state index contributed by atoms with van der Waals surface area (Å²) in [6, 6.07) is -1.67.